The first-order valence-corrected chi connectivity index (χ1v) is 6.44. The highest BCUT2D eigenvalue weighted by molar-refractivity contribution is 7.98. The molecule has 0 aliphatic carbocycles. The molecule has 14 heavy (non-hydrogen) atoms. The Kier molecular flexibility index (Phi) is 7.99. The van der Waals surface area contributed by atoms with Crippen LogP contribution in [-0.2, 0) is 4.79 Å². The lowest BCUT2D eigenvalue weighted by Gasteiger charge is -2.21. The van der Waals surface area contributed by atoms with E-state index >= 15 is 0 Å². The van der Waals surface area contributed by atoms with Crippen LogP contribution < -0.4 is 5.32 Å². The van der Waals surface area contributed by atoms with Gasteiger partial charge in [-0.2, -0.15) is 11.8 Å². The Morgan fingerprint density at radius 3 is 2.64 bits per heavy atom. The van der Waals surface area contributed by atoms with Gasteiger partial charge >= 0.3 is 0 Å². The van der Waals surface area contributed by atoms with Crippen LogP contribution in [0.1, 0.15) is 20.3 Å². The second kappa shape index (κ2) is 8.12. The zero-order valence-corrected chi connectivity index (χ0v) is 10.5. The second-order valence-corrected chi connectivity index (χ2v) is 4.61. The van der Waals surface area contributed by atoms with Gasteiger partial charge in [-0.05, 0) is 38.8 Å². The van der Waals surface area contributed by atoms with Gasteiger partial charge in [0.05, 0.1) is 6.54 Å². The highest BCUT2D eigenvalue weighted by Gasteiger charge is 2.10. The van der Waals surface area contributed by atoms with E-state index in [9.17, 15) is 4.79 Å². The Balaban J connectivity index is 3.44. The van der Waals surface area contributed by atoms with Gasteiger partial charge in [0.15, 0.2) is 0 Å². The van der Waals surface area contributed by atoms with Gasteiger partial charge in [0.2, 0.25) is 5.91 Å². The lowest BCUT2D eigenvalue weighted by molar-refractivity contribution is -0.130. The highest BCUT2D eigenvalue weighted by Crippen LogP contribution is 1.95. The molecule has 0 saturated heterocycles. The van der Waals surface area contributed by atoms with Crippen molar-refractivity contribution in [2.45, 2.75) is 26.3 Å². The Labute approximate surface area is 91.6 Å². The summed E-state index contributed by atoms with van der Waals surface area (Å²) in [6, 6.07) is 0.287. The zero-order valence-electron chi connectivity index (χ0n) is 9.67. The standard InChI is InChI=1S/C10H22N2OS/c1-9(2)12(3)10(13)8-11-6-5-7-14-4/h9,11H,5-8H2,1-4H3. The number of likely N-dealkylation sites (N-methyl/N-ethyl adjacent to an activating group) is 1. The van der Waals surface area contributed by atoms with E-state index in [0.717, 1.165) is 18.7 Å². The molecule has 0 heterocycles. The molecule has 0 atom stereocenters. The Morgan fingerprint density at radius 2 is 2.14 bits per heavy atom. The number of carbonyl (C=O) groups excluding carboxylic acids is 1. The molecular formula is C10H22N2OS. The number of nitrogens with one attached hydrogen (secondary N) is 1. The average Bonchev–Trinajstić information content (AvgIpc) is 2.16. The van der Waals surface area contributed by atoms with Crippen molar-refractivity contribution < 1.29 is 4.79 Å². The molecule has 0 aliphatic heterocycles. The number of hydrogen-bond acceptors (Lipinski definition) is 3. The molecule has 0 bridgehead atoms. The van der Waals surface area contributed by atoms with Crippen LogP contribution in [0.25, 0.3) is 0 Å². The van der Waals surface area contributed by atoms with E-state index in [1.807, 2.05) is 32.7 Å². The lowest BCUT2D eigenvalue weighted by Crippen LogP contribution is -2.39. The van der Waals surface area contributed by atoms with Crippen molar-refractivity contribution in [3.8, 4) is 0 Å². The van der Waals surface area contributed by atoms with Gasteiger partial charge in [-0.15, -0.1) is 0 Å². The molecule has 0 aromatic carbocycles. The summed E-state index contributed by atoms with van der Waals surface area (Å²) >= 11 is 1.84. The molecule has 0 unspecified atom stereocenters. The molecular weight excluding hydrogens is 196 g/mol. The minimum Gasteiger partial charge on any atom is -0.342 e. The van der Waals surface area contributed by atoms with Crippen LogP contribution in [0.3, 0.4) is 0 Å². The monoisotopic (exact) mass is 218 g/mol. The summed E-state index contributed by atoms with van der Waals surface area (Å²) in [5.41, 5.74) is 0. The van der Waals surface area contributed by atoms with E-state index in [2.05, 4.69) is 11.6 Å². The summed E-state index contributed by atoms with van der Waals surface area (Å²) in [6.07, 6.45) is 3.22. The third-order valence-corrected chi connectivity index (χ3v) is 2.84. The van der Waals surface area contributed by atoms with Crippen LogP contribution in [-0.4, -0.2) is 49.0 Å². The molecule has 0 radical (unpaired) electrons. The van der Waals surface area contributed by atoms with Crippen LogP contribution in [0.15, 0.2) is 0 Å². The number of nitrogens with zero attached hydrogens (tertiary/aromatic N) is 1. The van der Waals surface area contributed by atoms with Gasteiger partial charge < -0.3 is 10.2 Å². The zero-order chi connectivity index (χ0) is 11.0. The summed E-state index contributed by atoms with van der Waals surface area (Å²) in [5.74, 6) is 1.32. The lowest BCUT2D eigenvalue weighted by atomic mass is 10.3. The number of rotatable bonds is 7. The van der Waals surface area contributed by atoms with Gasteiger partial charge in [0.25, 0.3) is 0 Å². The Morgan fingerprint density at radius 1 is 1.50 bits per heavy atom. The number of carbonyl (C=O) groups is 1. The topological polar surface area (TPSA) is 32.3 Å². The van der Waals surface area contributed by atoms with Crippen LogP contribution in [0.4, 0.5) is 0 Å². The van der Waals surface area contributed by atoms with Crippen molar-refractivity contribution in [3.05, 3.63) is 0 Å². The molecule has 3 nitrogen and oxygen atoms in total. The predicted molar refractivity (Wildman–Crippen MR) is 63.8 cm³/mol. The smallest absolute Gasteiger partial charge is 0.236 e. The van der Waals surface area contributed by atoms with Crippen LogP contribution >= 0.6 is 11.8 Å². The highest BCUT2D eigenvalue weighted by atomic mass is 32.2. The first-order valence-electron chi connectivity index (χ1n) is 5.05. The van der Waals surface area contributed by atoms with Crippen molar-refractivity contribution in [2.75, 3.05) is 32.1 Å². The average molecular weight is 218 g/mol. The summed E-state index contributed by atoms with van der Waals surface area (Å²) < 4.78 is 0. The normalized spacial score (nSPS) is 10.6. The van der Waals surface area contributed by atoms with E-state index in [1.54, 1.807) is 4.90 Å². The quantitative estimate of drug-likeness (QED) is 0.652. The van der Waals surface area contributed by atoms with Crippen LogP contribution in [0, 0.1) is 0 Å². The number of amides is 1. The van der Waals surface area contributed by atoms with E-state index < -0.39 is 0 Å². The molecule has 1 amide bonds. The molecule has 0 saturated carbocycles. The van der Waals surface area contributed by atoms with E-state index in [-0.39, 0.29) is 11.9 Å². The van der Waals surface area contributed by atoms with Gasteiger partial charge in [-0.25, -0.2) is 0 Å². The fraction of sp³-hybridized carbons (Fsp3) is 0.900. The molecule has 0 fully saturated rings. The van der Waals surface area contributed by atoms with E-state index in [0.29, 0.717) is 6.54 Å². The van der Waals surface area contributed by atoms with Crippen molar-refractivity contribution in [1.29, 1.82) is 0 Å². The van der Waals surface area contributed by atoms with Crippen LogP contribution in [0.2, 0.25) is 0 Å². The van der Waals surface area contributed by atoms with E-state index in [4.69, 9.17) is 0 Å². The summed E-state index contributed by atoms with van der Waals surface area (Å²) in [5, 5.41) is 3.15. The second-order valence-electron chi connectivity index (χ2n) is 3.62. The summed E-state index contributed by atoms with van der Waals surface area (Å²) in [6.45, 7) is 5.43. The third kappa shape index (κ3) is 6.27. The first kappa shape index (κ1) is 13.8. The maximum Gasteiger partial charge on any atom is 0.236 e. The molecule has 0 aromatic heterocycles. The maximum absolute atomic E-state index is 11.5. The molecule has 0 aliphatic rings. The summed E-state index contributed by atoms with van der Waals surface area (Å²) in [4.78, 5) is 13.2. The van der Waals surface area contributed by atoms with Gasteiger partial charge in [-0.1, -0.05) is 0 Å². The SMILES string of the molecule is CSCCCNCC(=O)N(C)C(C)C. The van der Waals surface area contributed by atoms with Gasteiger partial charge in [-0.3, -0.25) is 4.79 Å². The fourth-order valence-electron chi connectivity index (χ4n) is 0.950. The minimum atomic E-state index is 0.171. The van der Waals surface area contributed by atoms with Crippen molar-refractivity contribution in [3.63, 3.8) is 0 Å². The maximum atomic E-state index is 11.5. The molecule has 0 rings (SSSR count). The van der Waals surface area contributed by atoms with Gasteiger partial charge in [0, 0.05) is 13.1 Å². The minimum absolute atomic E-state index is 0.171. The first-order chi connectivity index (χ1) is 6.59. The molecule has 84 valence electrons. The summed E-state index contributed by atoms with van der Waals surface area (Å²) in [7, 11) is 1.84. The number of thioether (sulfide) groups is 1. The Bertz CT molecular complexity index is 162. The van der Waals surface area contributed by atoms with Crippen molar-refractivity contribution in [1.82, 2.24) is 10.2 Å². The molecule has 0 aromatic rings. The molecule has 1 N–H and O–H groups in total. The predicted octanol–water partition coefficient (Wildman–Crippen LogP) is 1.20. The largest absolute Gasteiger partial charge is 0.342 e. The molecule has 0 spiro atoms. The van der Waals surface area contributed by atoms with Crippen LogP contribution in [0.5, 0.6) is 0 Å². The van der Waals surface area contributed by atoms with Crippen molar-refractivity contribution in [2.24, 2.45) is 0 Å². The Hall–Kier alpha value is -0.220. The molecule has 4 heteroatoms. The van der Waals surface area contributed by atoms with Crippen molar-refractivity contribution >= 4 is 17.7 Å². The third-order valence-electron chi connectivity index (χ3n) is 2.15. The van der Waals surface area contributed by atoms with Gasteiger partial charge in [0.1, 0.15) is 0 Å². The van der Waals surface area contributed by atoms with E-state index in [1.165, 1.54) is 0 Å². The number of hydrogen-bond donors (Lipinski definition) is 1. The fourth-order valence-corrected chi connectivity index (χ4v) is 1.38.